The van der Waals surface area contributed by atoms with Crippen molar-refractivity contribution in [3.8, 4) is 0 Å². The van der Waals surface area contributed by atoms with Crippen LogP contribution in [0.5, 0.6) is 0 Å². The van der Waals surface area contributed by atoms with Crippen LogP contribution in [0, 0.1) is 11.3 Å². The minimum absolute atomic E-state index is 0.502. The highest BCUT2D eigenvalue weighted by molar-refractivity contribution is 5.03. The first-order valence-corrected chi connectivity index (χ1v) is 8.66. The molecule has 1 N–H and O–H groups in total. The van der Waals surface area contributed by atoms with Crippen LogP contribution in [0.1, 0.15) is 71.5 Å². The van der Waals surface area contributed by atoms with Gasteiger partial charge in [-0.2, -0.15) is 5.10 Å². The second kappa shape index (κ2) is 6.95. The summed E-state index contributed by atoms with van der Waals surface area (Å²) in [5.41, 5.74) is 1.78. The van der Waals surface area contributed by atoms with Gasteiger partial charge in [-0.05, 0) is 63.5 Å². The molecule has 1 fully saturated rings. The molecule has 120 valence electrons. The Hall–Kier alpha value is -0.830. The standard InChI is InChI=1S/C18H33N3/c1-6-14(2)21-12-9-16(20-21)13-17(19-5)15-7-10-18(3,4)11-8-15/h9,12,14-15,17,19H,6-8,10-11,13H2,1-5H3. The summed E-state index contributed by atoms with van der Waals surface area (Å²) in [6.45, 7) is 9.26. The second-order valence-corrected chi connectivity index (χ2v) is 7.65. The van der Waals surface area contributed by atoms with Gasteiger partial charge in [0, 0.05) is 24.7 Å². The van der Waals surface area contributed by atoms with Crippen LogP contribution in [-0.4, -0.2) is 22.9 Å². The minimum Gasteiger partial charge on any atom is -0.316 e. The lowest BCUT2D eigenvalue weighted by atomic mass is 9.70. The molecule has 1 saturated carbocycles. The predicted molar refractivity (Wildman–Crippen MR) is 89.5 cm³/mol. The molecule has 1 aromatic rings. The molecule has 0 saturated heterocycles. The molecular formula is C18H33N3. The van der Waals surface area contributed by atoms with Crippen LogP contribution in [0.25, 0.3) is 0 Å². The summed E-state index contributed by atoms with van der Waals surface area (Å²) in [6, 6.07) is 3.27. The summed E-state index contributed by atoms with van der Waals surface area (Å²) in [6.07, 6.45) is 9.75. The molecule has 3 heteroatoms. The molecule has 1 aliphatic carbocycles. The Labute approximate surface area is 130 Å². The molecule has 21 heavy (non-hydrogen) atoms. The van der Waals surface area contributed by atoms with E-state index in [4.69, 9.17) is 5.10 Å². The van der Waals surface area contributed by atoms with Gasteiger partial charge in [0.1, 0.15) is 0 Å². The van der Waals surface area contributed by atoms with Gasteiger partial charge in [0.2, 0.25) is 0 Å². The number of likely N-dealkylation sites (N-methyl/N-ethyl adjacent to an activating group) is 1. The van der Waals surface area contributed by atoms with Crippen molar-refractivity contribution in [2.24, 2.45) is 11.3 Å². The monoisotopic (exact) mass is 291 g/mol. The summed E-state index contributed by atoms with van der Waals surface area (Å²) in [4.78, 5) is 0. The van der Waals surface area contributed by atoms with Gasteiger partial charge in [0.15, 0.2) is 0 Å². The van der Waals surface area contributed by atoms with Crippen molar-refractivity contribution in [3.05, 3.63) is 18.0 Å². The van der Waals surface area contributed by atoms with Crippen molar-refractivity contribution in [1.82, 2.24) is 15.1 Å². The van der Waals surface area contributed by atoms with Gasteiger partial charge in [0.25, 0.3) is 0 Å². The fourth-order valence-electron chi connectivity index (χ4n) is 3.47. The molecule has 0 aliphatic heterocycles. The molecule has 0 aromatic carbocycles. The van der Waals surface area contributed by atoms with Crippen LogP contribution in [0.4, 0.5) is 0 Å². The summed E-state index contributed by atoms with van der Waals surface area (Å²) < 4.78 is 2.12. The van der Waals surface area contributed by atoms with E-state index in [9.17, 15) is 0 Å². The van der Waals surface area contributed by atoms with Gasteiger partial charge < -0.3 is 5.32 Å². The molecule has 1 aromatic heterocycles. The van der Waals surface area contributed by atoms with E-state index >= 15 is 0 Å². The molecular weight excluding hydrogens is 258 g/mol. The van der Waals surface area contributed by atoms with Crippen LogP contribution in [0.15, 0.2) is 12.3 Å². The lowest BCUT2D eigenvalue weighted by Gasteiger charge is -2.37. The summed E-state index contributed by atoms with van der Waals surface area (Å²) in [5.74, 6) is 0.803. The predicted octanol–water partition coefficient (Wildman–Crippen LogP) is 4.20. The summed E-state index contributed by atoms with van der Waals surface area (Å²) in [7, 11) is 2.11. The van der Waals surface area contributed by atoms with E-state index in [0.29, 0.717) is 17.5 Å². The Morgan fingerprint density at radius 2 is 2.05 bits per heavy atom. The number of hydrogen-bond donors (Lipinski definition) is 1. The van der Waals surface area contributed by atoms with E-state index in [1.165, 1.54) is 31.4 Å². The van der Waals surface area contributed by atoms with Gasteiger partial charge in [0.05, 0.1) is 5.69 Å². The first-order chi connectivity index (χ1) is 9.95. The molecule has 3 nitrogen and oxygen atoms in total. The zero-order valence-electron chi connectivity index (χ0n) is 14.5. The van der Waals surface area contributed by atoms with Crippen LogP contribution >= 0.6 is 0 Å². The summed E-state index contributed by atoms with van der Waals surface area (Å²) in [5, 5.41) is 8.32. The first-order valence-electron chi connectivity index (χ1n) is 8.66. The fraction of sp³-hybridized carbons (Fsp3) is 0.833. The average Bonchev–Trinajstić information content (AvgIpc) is 2.93. The number of nitrogens with zero attached hydrogens (tertiary/aromatic N) is 2. The van der Waals surface area contributed by atoms with Crippen LogP contribution < -0.4 is 5.32 Å². The Bertz CT molecular complexity index is 425. The SMILES string of the molecule is CCC(C)n1ccc(CC(NC)C2CCC(C)(C)CC2)n1. The molecule has 2 atom stereocenters. The van der Waals surface area contributed by atoms with E-state index in [0.717, 1.165) is 18.8 Å². The average molecular weight is 291 g/mol. The smallest absolute Gasteiger partial charge is 0.0640 e. The molecule has 1 heterocycles. The largest absolute Gasteiger partial charge is 0.316 e. The molecule has 1 aliphatic rings. The van der Waals surface area contributed by atoms with Gasteiger partial charge in [-0.1, -0.05) is 20.8 Å². The Kier molecular flexibility index (Phi) is 5.48. The molecule has 0 bridgehead atoms. The third-order valence-corrected chi connectivity index (χ3v) is 5.46. The van der Waals surface area contributed by atoms with Crippen LogP contribution in [0.3, 0.4) is 0 Å². The van der Waals surface area contributed by atoms with Crippen LogP contribution in [-0.2, 0) is 6.42 Å². The van der Waals surface area contributed by atoms with Gasteiger partial charge in [-0.3, -0.25) is 4.68 Å². The zero-order valence-corrected chi connectivity index (χ0v) is 14.5. The van der Waals surface area contributed by atoms with Crippen molar-refractivity contribution < 1.29 is 0 Å². The van der Waals surface area contributed by atoms with E-state index in [2.05, 4.69) is 57.0 Å². The van der Waals surface area contributed by atoms with E-state index < -0.39 is 0 Å². The minimum atomic E-state index is 0.502. The highest BCUT2D eigenvalue weighted by Gasteiger charge is 2.31. The number of nitrogens with one attached hydrogen (secondary N) is 1. The van der Waals surface area contributed by atoms with E-state index in [-0.39, 0.29) is 0 Å². The maximum atomic E-state index is 4.77. The van der Waals surface area contributed by atoms with Crippen molar-refractivity contribution in [1.29, 1.82) is 0 Å². The maximum absolute atomic E-state index is 4.77. The fourth-order valence-corrected chi connectivity index (χ4v) is 3.47. The lowest BCUT2D eigenvalue weighted by Crippen LogP contribution is -2.39. The quantitative estimate of drug-likeness (QED) is 0.851. The van der Waals surface area contributed by atoms with Gasteiger partial charge in [-0.15, -0.1) is 0 Å². The molecule has 2 rings (SSSR count). The van der Waals surface area contributed by atoms with Gasteiger partial charge in [-0.25, -0.2) is 0 Å². The first kappa shape index (κ1) is 16.5. The van der Waals surface area contributed by atoms with Gasteiger partial charge >= 0.3 is 0 Å². The topological polar surface area (TPSA) is 29.9 Å². The Balaban J connectivity index is 1.95. The number of aromatic nitrogens is 2. The Morgan fingerprint density at radius 3 is 2.62 bits per heavy atom. The molecule has 0 spiro atoms. The number of hydrogen-bond acceptors (Lipinski definition) is 2. The normalized spacial score (nSPS) is 22.1. The lowest BCUT2D eigenvalue weighted by molar-refractivity contribution is 0.163. The van der Waals surface area contributed by atoms with Crippen molar-refractivity contribution in [3.63, 3.8) is 0 Å². The number of rotatable bonds is 6. The van der Waals surface area contributed by atoms with E-state index in [1.54, 1.807) is 0 Å². The van der Waals surface area contributed by atoms with Crippen molar-refractivity contribution in [2.45, 2.75) is 78.3 Å². The third-order valence-electron chi connectivity index (χ3n) is 5.46. The van der Waals surface area contributed by atoms with Crippen molar-refractivity contribution >= 4 is 0 Å². The van der Waals surface area contributed by atoms with E-state index in [1.807, 2.05) is 0 Å². The summed E-state index contributed by atoms with van der Waals surface area (Å²) >= 11 is 0. The molecule has 0 radical (unpaired) electrons. The highest BCUT2D eigenvalue weighted by Crippen LogP contribution is 2.39. The second-order valence-electron chi connectivity index (χ2n) is 7.65. The highest BCUT2D eigenvalue weighted by atomic mass is 15.3. The molecule has 0 amide bonds. The molecule has 2 unspecified atom stereocenters. The zero-order chi connectivity index (χ0) is 15.5. The Morgan fingerprint density at radius 1 is 1.38 bits per heavy atom. The van der Waals surface area contributed by atoms with Crippen LogP contribution in [0.2, 0.25) is 0 Å². The maximum Gasteiger partial charge on any atom is 0.0640 e. The third kappa shape index (κ3) is 4.32. The van der Waals surface area contributed by atoms with Crippen molar-refractivity contribution in [2.75, 3.05) is 7.05 Å².